The fraction of sp³-hybridized carbons (Fsp3) is 0.273. The summed E-state index contributed by atoms with van der Waals surface area (Å²) in [5.41, 5.74) is 1.91. The molecule has 2 amide bonds. The minimum atomic E-state index is -0.504. The number of nitrogens with one attached hydrogen (secondary N) is 2. The molecule has 0 saturated heterocycles. The van der Waals surface area contributed by atoms with Gasteiger partial charge in [0.05, 0.1) is 27.8 Å². The van der Waals surface area contributed by atoms with E-state index in [1.807, 2.05) is 0 Å². The molecule has 10 nitrogen and oxygen atoms in total. The Bertz CT molecular complexity index is 1040. The number of carbonyl (C=O) groups is 2. The third-order valence-corrected chi connectivity index (χ3v) is 4.74. The highest BCUT2D eigenvalue weighted by Crippen LogP contribution is 2.38. The average molecular weight is 439 g/mol. The van der Waals surface area contributed by atoms with Crippen LogP contribution in [0.2, 0.25) is 0 Å². The summed E-state index contributed by atoms with van der Waals surface area (Å²) in [5, 5.41) is 9.61. The number of hydrogen-bond donors (Lipinski definition) is 2. The molecule has 2 N–H and O–H groups in total. The number of anilines is 2. The van der Waals surface area contributed by atoms with Crippen molar-refractivity contribution in [2.75, 3.05) is 32.0 Å². The molecule has 10 heteroatoms. The van der Waals surface area contributed by atoms with Crippen LogP contribution in [0, 0.1) is 0 Å². The molecule has 0 aliphatic heterocycles. The molecule has 1 heterocycles. The summed E-state index contributed by atoms with van der Waals surface area (Å²) >= 11 is 0. The van der Waals surface area contributed by atoms with Crippen molar-refractivity contribution in [1.82, 2.24) is 14.8 Å². The monoisotopic (exact) mass is 439 g/mol. The van der Waals surface area contributed by atoms with Crippen molar-refractivity contribution in [2.45, 2.75) is 19.4 Å². The van der Waals surface area contributed by atoms with Gasteiger partial charge >= 0.3 is 0 Å². The Balaban J connectivity index is 1.61. The van der Waals surface area contributed by atoms with Gasteiger partial charge < -0.3 is 24.8 Å². The molecule has 0 radical (unpaired) electrons. The normalized spacial score (nSPS) is 11.4. The Kier molecular flexibility index (Phi) is 7.27. The molecule has 3 rings (SSSR count). The highest BCUT2D eigenvalue weighted by atomic mass is 16.5. The first-order valence-corrected chi connectivity index (χ1v) is 9.79. The van der Waals surface area contributed by atoms with Gasteiger partial charge in [-0.3, -0.25) is 9.59 Å². The zero-order chi connectivity index (χ0) is 23.1. The van der Waals surface area contributed by atoms with E-state index in [0.29, 0.717) is 34.2 Å². The molecule has 1 unspecified atom stereocenters. The van der Waals surface area contributed by atoms with E-state index in [0.717, 1.165) is 0 Å². The Morgan fingerprint density at radius 3 is 2.06 bits per heavy atom. The highest BCUT2D eigenvalue weighted by molar-refractivity contribution is 5.95. The van der Waals surface area contributed by atoms with E-state index in [9.17, 15) is 9.59 Å². The first kappa shape index (κ1) is 22.6. The van der Waals surface area contributed by atoms with Gasteiger partial charge in [0.15, 0.2) is 11.5 Å². The van der Waals surface area contributed by atoms with Crippen LogP contribution >= 0.6 is 0 Å². The lowest BCUT2D eigenvalue weighted by atomic mass is 10.1. The highest BCUT2D eigenvalue weighted by Gasteiger charge is 2.16. The first-order valence-electron chi connectivity index (χ1n) is 9.79. The lowest BCUT2D eigenvalue weighted by molar-refractivity contribution is -0.119. The molecule has 0 fully saturated rings. The molecule has 1 atom stereocenters. The fourth-order valence-corrected chi connectivity index (χ4v) is 3.05. The minimum Gasteiger partial charge on any atom is -0.493 e. The minimum absolute atomic E-state index is 0.116. The van der Waals surface area contributed by atoms with Crippen LogP contribution in [0.5, 0.6) is 17.2 Å². The van der Waals surface area contributed by atoms with Gasteiger partial charge in [0, 0.05) is 11.4 Å². The largest absolute Gasteiger partial charge is 0.493 e. The summed E-state index contributed by atoms with van der Waals surface area (Å²) in [4.78, 5) is 28.7. The second-order valence-corrected chi connectivity index (χ2v) is 6.88. The molecule has 32 heavy (non-hydrogen) atoms. The first-order chi connectivity index (χ1) is 15.4. The molecular formula is C22H25N5O5. The summed E-state index contributed by atoms with van der Waals surface area (Å²) in [7, 11) is 4.57. The van der Waals surface area contributed by atoms with Gasteiger partial charge in [0.2, 0.25) is 17.6 Å². The van der Waals surface area contributed by atoms with Crippen molar-refractivity contribution in [1.29, 1.82) is 0 Å². The average Bonchev–Trinajstić information content (AvgIpc) is 3.34. The van der Waals surface area contributed by atoms with Gasteiger partial charge in [-0.05, 0) is 48.9 Å². The Morgan fingerprint density at radius 2 is 1.56 bits per heavy atom. The van der Waals surface area contributed by atoms with Crippen LogP contribution in [0.25, 0.3) is 0 Å². The molecule has 0 aliphatic carbocycles. The van der Waals surface area contributed by atoms with Crippen LogP contribution in [-0.4, -0.2) is 47.9 Å². The number of nitrogens with zero attached hydrogens (tertiary/aromatic N) is 3. The predicted molar refractivity (Wildman–Crippen MR) is 118 cm³/mol. The molecule has 1 aromatic heterocycles. The number of amides is 2. The van der Waals surface area contributed by atoms with Gasteiger partial charge in [0.25, 0.3) is 0 Å². The number of rotatable bonds is 9. The smallest absolute Gasteiger partial charge is 0.249 e. The van der Waals surface area contributed by atoms with E-state index >= 15 is 0 Å². The van der Waals surface area contributed by atoms with Crippen LogP contribution in [0.15, 0.2) is 49.1 Å². The van der Waals surface area contributed by atoms with E-state index in [-0.39, 0.29) is 18.2 Å². The van der Waals surface area contributed by atoms with Crippen LogP contribution in [-0.2, 0) is 16.0 Å². The molecule has 2 aromatic carbocycles. The second kappa shape index (κ2) is 10.3. The molecule has 3 aromatic rings. The predicted octanol–water partition coefficient (Wildman–Crippen LogP) is 2.68. The lowest BCUT2D eigenvalue weighted by Crippen LogP contribution is -2.24. The molecule has 0 bridgehead atoms. The van der Waals surface area contributed by atoms with E-state index in [2.05, 4.69) is 20.7 Å². The third kappa shape index (κ3) is 5.34. The summed E-state index contributed by atoms with van der Waals surface area (Å²) in [6.07, 6.45) is 2.97. The summed E-state index contributed by atoms with van der Waals surface area (Å²) in [5.74, 6) is 0.991. The second-order valence-electron chi connectivity index (χ2n) is 6.88. The maximum Gasteiger partial charge on any atom is 0.249 e. The molecular weight excluding hydrogens is 414 g/mol. The van der Waals surface area contributed by atoms with Gasteiger partial charge in [-0.15, -0.1) is 0 Å². The van der Waals surface area contributed by atoms with Crippen LogP contribution in [0.1, 0.15) is 18.5 Å². The summed E-state index contributed by atoms with van der Waals surface area (Å²) in [6.45, 7) is 1.72. The molecule has 168 valence electrons. The van der Waals surface area contributed by atoms with E-state index in [1.54, 1.807) is 43.3 Å². The Hall–Kier alpha value is -4.08. The van der Waals surface area contributed by atoms with E-state index in [1.165, 1.54) is 38.7 Å². The topological polar surface area (TPSA) is 117 Å². The summed E-state index contributed by atoms with van der Waals surface area (Å²) in [6, 6.07) is 9.80. The Morgan fingerprint density at radius 1 is 0.969 bits per heavy atom. The zero-order valence-corrected chi connectivity index (χ0v) is 18.3. The number of methoxy groups -OCH3 is 3. The van der Waals surface area contributed by atoms with Crippen molar-refractivity contribution in [2.24, 2.45) is 0 Å². The summed E-state index contributed by atoms with van der Waals surface area (Å²) < 4.78 is 17.4. The van der Waals surface area contributed by atoms with Crippen molar-refractivity contribution in [3.8, 4) is 17.2 Å². The van der Waals surface area contributed by atoms with E-state index in [4.69, 9.17) is 14.2 Å². The van der Waals surface area contributed by atoms with Crippen molar-refractivity contribution < 1.29 is 23.8 Å². The van der Waals surface area contributed by atoms with Crippen LogP contribution in [0.4, 0.5) is 11.4 Å². The van der Waals surface area contributed by atoms with Gasteiger partial charge in [0.1, 0.15) is 18.7 Å². The fourth-order valence-electron chi connectivity index (χ4n) is 3.05. The zero-order valence-electron chi connectivity index (χ0n) is 18.3. The maximum atomic E-state index is 12.5. The molecule has 0 spiro atoms. The SMILES string of the molecule is COc1cc(CC(=O)Nc2ccc(NC(=O)C(C)n3cncn3)cc2)cc(OC)c1OC. The number of benzene rings is 2. The maximum absolute atomic E-state index is 12.5. The van der Waals surface area contributed by atoms with Crippen molar-refractivity contribution >= 4 is 23.2 Å². The number of ether oxygens (including phenoxy) is 3. The van der Waals surface area contributed by atoms with Crippen molar-refractivity contribution in [3.05, 3.63) is 54.6 Å². The van der Waals surface area contributed by atoms with Gasteiger partial charge in [-0.25, -0.2) is 9.67 Å². The standard InChI is InChI=1S/C22H25N5O5/c1-14(27-13-23-12-24-27)22(29)26-17-7-5-16(6-8-17)25-20(28)11-15-9-18(30-2)21(32-4)19(10-15)31-3/h5-10,12-14H,11H2,1-4H3,(H,25,28)(H,26,29). The number of carbonyl (C=O) groups excluding carboxylic acids is 2. The lowest BCUT2D eigenvalue weighted by Gasteiger charge is -2.14. The van der Waals surface area contributed by atoms with Crippen LogP contribution < -0.4 is 24.8 Å². The number of hydrogen-bond acceptors (Lipinski definition) is 7. The van der Waals surface area contributed by atoms with Gasteiger partial charge in [-0.2, -0.15) is 5.10 Å². The molecule has 0 aliphatic rings. The van der Waals surface area contributed by atoms with Crippen molar-refractivity contribution in [3.63, 3.8) is 0 Å². The van der Waals surface area contributed by atoms with E-state index < -0.39 is 6.04 Å². The van der Waals surface area contributed by atoms with Crippen LogP contribution in [0.3, 0.4) is 0 Å². The number of aromatic nitrogens is 3. The Labute approximate surface area is 185 Å². The quantitative estimate of drug-likeness (QED) is 0.526. The van der Waals surface area contributed by atoms with Gasteiger partial charge in [-0.1, -0.05) is 0 Å². The molecule has 0 saturated carbocycles. The third-order valence-electron chi connectivity index (χ3n) is 4.74.